The first-order chi connectivity index (χ1) is 8.74. The molecule has 0 bridgehead atoms. The minimum atomic E-state index is -0.0335. The average molecular weight is 265 g/mol. The molecular formula is C13H19N3OS. The summed E-state index contributed by atoms with van der Waals surface area (Å²) in [6.45, 7) is 0. The second kappa shape index (κ2) is 4.96. The molecule has 2 N–H and O–H groups in total. The zero-order valence-corrected chi connectivity index (χ0v) is 11.4. The second-order valence-corrected chi connectivity index (χ2v) is 6.44. The number of nitrogens with one attached hydrogen (secondary N) is 2. The molecule has 0 aliphatic heterocycles. The molecule has 1 aromatic heterocycles. The van der Waals surface area contributed by atoms with Crippen LogP contribution in [0, 0.1) is 0 Å². The van der Waals surface area contributed by atoms with Crippen molar-refractivity contribution in [2.75, 3.05) is 11.6 Å². The lowest BCUT2D eigenvalue weighted by Crippen LogP contribution is -2.20. The van der Waals surface area contributed by atoms with E-state index in [1.54, 1.807) is 6.07 Å². The number of nitrogens with zero attached hydrogens (tertiary/aromatic N) is 1. The highest BCUT2D eigenvalue weighted by Gasteiger charge is 2.27. The Balaban J connectivity index is 1.70. The van der Waals surface area contributed by atoms with Gasteiger partial charge < -0.3 is 10.3 Å². The molecule has 2 unspecified atom stereocenters. The standard InChI is InChI=1S/C13H19N3OS/c1-18-10-5-4-9(6-10)14-11-7-12(17)16-13(15-11)8-2-3-8/h7-10H,2-6H2,1H3,(H2,14,15,16,17). The van der Waals surface area contributed by atoms with Crippen LogP contribution in [0.2, 0.25) is 0 Å². The molecule has 2 aliphatic rings. The van der Waals surface area contributed by atoms with Crippen LogP contribution in [0.25, 0.3) is 0 Å². The molecule has 0 radical (unpaired) electrons. The lowest BCUT2D eigenvalue weighted by atomic mass is 10.2. The molecule has 4 nitrogen and oxygen atoms in total. The van der Waals surface area contributed by atoms with Crippen LogP contribution in [0.3, 0.4) is 0 Å². The van der Waals surface area contributed by atoms with Crippen molar-refractivity contribution in [2.45, 2.75) is 49.3 Å². The Morgan fingerprint density at radius 3 is 2.89 bits per heavy atom. The fourth-order valence-electron chi connectivity index (χ4n) is 2.59. The molecule has 0 amide bonds. The predicted molar refractivity (Wildman–Crippen MR) is 75.4 cm³/mol. The number of aromatic nitrogens is 2. The number of aromatic amines is 1. The van der Waals surface area contributed by atoms with E-state index < -0.39 is 0 Å². The van der Waals surface area contributed by atoms with Crippen LogP contribution in [0.4, 0.5) is 5.82 Å². The third kappa shape index (κ3) is 2.71. The van der Waals surface area contributed by atoms with Crippen molar-refractivity contribution in [1.29, 1.82) is 0 Å². The van der Waals surface area contributed by atoms with Gasteiger partial charge in [-0.15, -0.1) is 0 Å². The van der Waals surface area contributed by atoms with Crippen LogP contribution in [0.5, 0.6) is 0 Å². The highest BCUT2D eigenvalue weighted by Crippen LogP contribution is 2.38. The zero-order valence-electron chi connectivity index (χ0n) is 10.6. The van der Waals surface area contributed by atoms with Gasteiger partial charge in [-0.2, -0.15) is 11.8 Å². The summed E-state index contributed by atoms with van der Waals surface area (Å²) in [6.07, 6.45) is 8.10. The fraction of sp³-hybridized carbons (Fsp3) is 0.692. The molecule has 2 fully saturated rings. The summed E-state index contributed by atoms with van der Waals surface area (Å²) >= 11 is 1.94. The smallest absolute Gasteiger partial charge is 0.252 e. The van der Waals surface area contributed by atoms with Gasteiger partial charge in [0.15, 0.2) is 0 Å². The highest BCUT2D eigenvalue weighted by molar-refractivity contribution is 7.99. The van der Waals surface area contributed by atoms with Crippen LogP contribution >= 0.6 is 11.8 Å². The molecule has 0 aromatic carbocycles. The Kier molecular flexibility index (Phi) is 3.33. The number of hydrogen-bond donors (Lipinski definition) is 2. The van der Waals surface area contributed by atoms with Gasteiger partial charge in [0.05, 0.1) is 0 Å². The third-order valence-electron chi connectivity index (χ3n) is 3.79. The molecule has 18 heavy (non-hydrogen) atoms. The lowest BCUT2D eigenvalue weighted by molar-refractivity contribution is 0.747. The quantitative estimate of drug-likeness (QED) is 0.877. The Labute approximate surface area is 111 Å². The minimum absolute atomic E-state index is 0.0335. The van der Waals surface area contributed by atoms with Crippen molar-refractivity contribution in [3.8, 4) is 0 Å². The molecule has 2 atom stereocenters. The van der Waals surface area contributed by atoms with Crippen molar-refractivity contribution >= 4 is 17.6 Å². The Morgan fingerprint density at radius 1 is 1.39 bits per heavy atom. The number of H-pyrrole nitrogens is 1. The van der Waals surface area contributed by atoms with Crippen molar-refractivity contribution in [3.05, 3.63) is 22.2 Å². The first-order valence-corrected chi connectivity index (χ1v) is 7.94. The predicted octanol–water partition coefficient (Wildman–Crippen LogP) is 2.34. The summed E-state index contributed by atoms with van der Waals surface area (Å²) in [5.41, 5.74) is -0.0335. The lowest BCUT2D eigenvalue weighted by Gasteiger charge is -2.13. The van der Waals surface area contributed by atoms with Crippen LogP contribution < -0.4 is 10.9 Å². The molecule has 98 valence electrons. The summed E-state index contributed by atoms with van der Waals surface area (Å²) in [5, 5.41) is 4.18. The van der Waals surface area contributed by atoms with E-state index in [1.165, 1.54) is 19.3 Å². The van der Waals surface area contributed by atoms with Gasteiger partial charge in [-0.3, -0.25) is 4.79 Å². The normalized spacial score (nSPS) is 27.4. The van der Waals surface area contributed by atoms with Gasteiger partial charge in [-0.1, -0.05) is 0 Å². The largest absolute Gasteiger partial charge is 0.367 e. The molecule has 2 aliphatic carbocycles. The van der Waals surface area contributed by atoms with E-state index >= 15 is 0 Å². The molecule has 5 heteroatoms. The summed E-state index contributed by atoms with van der Waals surface area (Å²) in [5.74, 6) is 2.11. The molecule has 1 aromatic rings. The molecular weight excluding hydrogens is 246 g/mol. The van der Waals surface area contributed by atoms with Gasteiger partial charge in [0.2, 0.25) is 0 Å². The van der Waals surface area contributed by atoms with Crippen molar-refractivity contribution in [2.24, 2.45) is 0 Å². The van der Waals surface area contributed by atoms with E-state index in [1.807, 2.05) is 11.8 Å². The van der Waals surface area contributed by atoms with Crippen LogP contribution in [-0.2, 0) is 0 Å². The van der Waals surface area contributed by atoms with Crippen LogP contribution in [0.15, 0.2) is 10.9 Å². The van der Waals surface area contributed by atoms with E-state index in [4.69, 9.17) is 0 Å². The maximum absolute atomic E-state index is 11.6. The number of thioether (sulfide) groups is 1. The zero-order chi connectivity index (χ0) is 12.5. The Hall–Kier alpha value is -0.970. The maximum Gasteiger partial charge on any atom is 0.252 e. The average Bonchev–Trinajstić information content (AvgIpc) is 3.10. The van der Waals surface area contributed by atoms with Gasteiger partial charge >= 0.3 is 0 Å². The molecule has 2 saturated carbocycles. The fourth-order valence-corrected chi connectivity index (χ4v) is 3.39. The van der Waals surface area contributed by atoms with E-state index in [-0.39, 0.29) is 5.56 Å². The first kappa shape index (κ1) is 12.1. The Morgan fingerprint density at radius 2 is 2.22 bits per heavy atom. The van der Waals surface area contributed by atoms with Crippen LogP contribution in [-0.4, -0.2) is 27.5 Å². The van der Waals surface area contributed by atoms with E-state index in [2.05, 4.69) is 21.5 Å². The summed E-state index contributed by atoms with van der Waals surface area (Å²) in [7, 11) is 0. The first-order valence-electron chi connectivity index (χ1n) is 6.65. The monoisotopic (exact) mass is 265 g/mol. The van der Waals surface area contributed by atoms with Crippen molar-refractivity contribution < 1.29 is 0 Å². The number of anilines is 1. The van der Waals surface area contributed by atoms with Gasteiger partial charge in [0.25, 0.3) is 5.56 Å². The van der Waals surface area contributed by atoms with Crippen molar-refractivity contribution in [3.63, 3.8) is 0 Å². The SMILES string of the molecule is CSC1CCC(Nc2cc(=O)[nH]c(C3CC3)n2)C1. The second-order valence-electron chi connectivity index (χ2n) is 5.30. The maximum atomic E-state index is 11.6. The molecule has 1 heterocycles. The van der Waals surface area contributed by atoms with Gasteiger partial charge in [-0.25, -0.2) is 4.98 Å². The third-order valence-corrected chi connectivity index (χ3v) is 4.89. The summed E-state index contributed by atoms with van der Waals surface area (Å²) in [6, 6.07) is 2.06. The van der Waals surface area contributed by atoms with E-state index in [0.29, 0.717) is 12.0 Å². The van der Waals surface area contributed by atoms with E-state index in [9.17, 15) is 4.79 Å². The Bertz CT molecular complexity index is 483. The van der Waals surface area contributed by atoms with Gasteiger partial charge in [0, 0.05) is 23.3 Å². The summed E-state index contributed by atoms with van der Waals surface area (Å²) < 4.78 is 0. The number of hydrogen-bond acceptors (Lipinski definition) is 4. The topological polar surface area (TPSA) is 57.8 Å². The van der Waals surface area contributed by atoms with Gasteiger partial charge in [-0.05, 0) is 38.4 Å². The summed E-state index contributed by atoms with van der Waals surface area (Å²) in [4.78, 5) is 19.0. The minimum Gasteiger partial charge on any atom is -0.367 e. The van der Waals surface area contributed by atoms with Gasteiger partial charge in [0.1, 0.15) is 11.6 Å². The highest BCUT2D eigenvalue weighted by atomic mass is 32.2. The molecule has 3 rings (SSSR count). The van der Waals surface area contributed by atoms with E-state index in [0.717, 1.165) is 29.7 Å². The molecule has 0 spiro atoms. The molecule has 0 saturated heterocycles. The van der Waals surface area contributed by atoms with Crippen molar-refractivity contribution in [1.82, 2.24) is 9.97 Å². The number of rotatable bonds is 4. The van der Waals surface area contributed by atoms with Crippen LogP contribution in [0.1, 0.15) is 43.8 Å².